The fourth-order valence-electron chi connectivity index (χ4n) is 3.37. The highest BCUT2D eigenvalue weighted by molar-refractivity contribution is 7.99. The van der Waals surface area contributed by atoms with Crippen LogP contribution >= 0.6 is 35.0 Å². The fourth-order valence-corrected chi connectivity index (χ4v) is 5.02. The topological polar surface area (TPSA) is 49.4 Å². The second-order valence-electron chi connectivity index (χ2n) is 8.87. The number of nitrogens with one attached hydrogen (secondary N) is 1. The Labute approximate surface area is 206 Å². The zero-order valence-corrected chi connectivity index (χ0v) is 21.7. The molecule has 0 aromatic heterocycles. The zero-order chi connectivity index (χ0) is 23.9. The Morgan fingerprint density at radius 2 is 1.72 bits per heavy atom. The molecule has 0 aliphatic heterocycles. The second-order valence-corrected chi connectivity index (χ2v) is 10.7. The lowest BCUT2D eigenvalue weighted by atomic mass is 10.1. The number of carbonyl (C=O) groups is 2. The van der Waals surface area contributed by atoms with E-state index in [0.717, 1.165) is 16.7 Å². The first kappa shape index (κ1) is 26.6. The summed E-state index contributed by atoms with van der Waals surface area (Å²) in [6.45, 7) is 10.1. The third-order valence-electron chi connectivity index (χ3n) is 4.85. The average molecular weight is 496 g/mol. The van der Waals surface area contributed by atoms with Gasteiger partial charge in [0.15, 0.2) is 0 Å². The maximum Gasteiger partial charge on any atom is 0.243 e. The van der Waals surface area contributed by atoms with Crippen molar-refractivity contribution in [3.8, 4) is 0 Å². The van der Waals surface area contributed by atoms with Crippen LogP contribution in [0.15, 0.2) is 42.5 Å². The van der Waals surface area contributed by atoms with Crippen LogP contribution in [0.4, 0.5) is 0 Å². The van der Waals surface area contributed by atoms with Gasteiger partial charge in [-0.05, 0) is 57.4 Å². The van der Waals surface area contributed by atoms with Gasteiger partial charge in [-0.3, -0.25) is 9.59 Å². The number of hydrogen-bond donors (Lipinski definition) is 1. The van der Waals surface area contributed by atoms with E-state index in [4.69, 9.17) is 23.2 Å². The third kappa shape index (κ3) is 8.02. The van der Waals surface area contributed by atoms with Gasteiger partial charge in [-0.2, -0.15) is 0 Å². The van der Waals surface area contributed by atoms with E-state index in [1.807, 2.05) is 58.9 Å². The molecule has 0 aliphatic rings. The Balaban J connectivity index is 2.20. The minimum absolute atomic E-state index is 0.0874. The van der Waals surface area contributed by atoms with Gasteiger partial charge in [-0.15, -0.1) is 11.8 Å². The van der Waals surface area contributed by atoms with Gasteiger partial charge in [0, 0.05) is 27.9 Å². The molecule has 0 saturated carbocycles. The van der Waals surface area contributed by atoms with Crippen LogP contribution < -0.4 is 5.32 Å². The number of aryl methyl sites for hydroxylation is 1. The molecular formula is C25H32Cl2N2O2S. The third-order valence-corrected chi connectivity index (χ3v) is 6.51. The van der Waals surface area contributed by atoms with Crippen LogP contribution in [0.1, 0.15) is 50.8 Å². The van der Waals surface area contributed by atoms with E-state index in [1.54, 1.807) is 23.1 Å². The van der Waals surface area contributed by atoms with Crippen LogP contribution in [0.2, 0.25) is 10.0 Å². The molecule has 2 rings (SSSR count). The molecule has 7 heteroatoms. The van der Waals surface area contributed by atoms with E-state index in [1.165, 1.54) is 11.8 Å². The van der Waals surface area contributed by atoms with Crippen molar-refractivity contribution < 1.29 is 9.59 Å². The molecule has 2 aromatic carbocycles. The standard InChI is InChI=1S/C25H32Cl2N2O2S/c1-6-22(24(31)28-25(3,4)5)29(14-18-10-7-9-17(2)13-18)23(30)16-32-15-19-20(26)11-8-12-21(19)27/h7-13,22H,6,14-16H2,1-5H3,(H,28,31). The number of benzene rings is 2. The van der Waals surface area contributed by atoms with Gasteiger partial charge in [0.05, 0.1) is 5.75 Å². The molecule has 2 amide bonds. The summed E-state index contributed by atoms with van der Waals surface area (Å²) >= 11 is 14.0. The lowest BCUT2D eigenvalue weighted by Crippen LogP contribution is -2.53. The van der Waals surface area contributed by atoms with Crippen LogP contribution in [0.25, 0.3) is 0 Å². The van der Waals surface area contributed by atoms with E-state index < -0.39 is 6.04 Å². The van der Waals surface area contributed by atoms with Crippen molar-refractivity contribution in [2.45, 2.75) is 64.9 Å². The Kier molecular flexibility index (Phi) is 9.93. The summed E-state index contributed by atoms with van der Waals surface area (Å²) in [5, 5.41) is 4.20. The number of halogens is 2. The molecule has 0 bridgehead atoms. The summed E-state index contributed by atoms with van der Waals surface area (Å²) in [6, 6.07) is 12.8. The molecule has 0 aliphatic carbocycles. The summed E-state index contributed by atoms with van der Waals surface area (Å²) in [5.74, 6) is 0.524. The van der Waals surface area contributed by atoms with E-state index in [-0.39, 0.29) is 23.1 Å². The Bertz CT molecular complexity index is 924. The van der Waals surface area contributed by atoms with Crippen LogP contribution in [-0.4, -0.2) is 34.0 Å². The number of thioether (sulfide) groups is 1. The number of hydrogen-bond acceptors (Lipinski definition) is 3. The first-order chi connectivity index (χ1) is 15.0. The van der Waals surface area contributed by atoms with Crippen molar-refractivity contribution in [2.24, 2.45) is 0 Å². The SMILES string of the molecule is CCC(C(=O)NC(C)(C)C)N(Cc1cccc(C)c1)C(=O)CSCc1c(Cl)cccc1Cl. The maximum absolute atomic E-state index is 13.3. The summed E-state index contributed by atoms with van der Waals surface area (Å²) in [4.78, 5) is 28.0. The molecule has 1 unspecified atom stereocenters. The number of rotatable bonds is 9. The minimum atomic E-state index is -0.549. The van der Waals surface area contributed by atoms with Crippen LogP contribution in [0.3, 0.4) is 0 Å². The predicted molar refractivity (Wildman–Crippen MR) is 136 cm³/mol. The highest BCUT2D eigenvalue weighted by Gasteiger charge is 2.30. The van der Waals surface area contributed by atoms with E-state index in [9.17, 15) is 9.59 Å². The minimum Gasteiger partial charge on any atom is -0.350 e. The fraction of sp³-hybridized carbons (Fsp3) is 0.440. The van der Waals surface area contributed by atoms with Crippen molar-refractivity contribution in [2.75, 3.05) is 5.75 Å². The van der Waals surface area contributed by atoms with Crippen molar-refractivity contribution in [1.82, 2.24) is 10.2 Å². The lowest BCUT2D eigenvalue weighted by Gasteiger charge is -2.33. The Morgan fingerprint density at radius 3 is 2.28 bits per heavy atom. The monoisotopic (exact) mass is 494 g/mol. The van der Waals surface area contributed by atoms with E-state index in [0.29, 0.717) is 28.8 Å². The number of nitrogens with zero attached hydrogens (tertiary/aromatic N) is 1. The maximum atomic E-state index is 13.3. The molecular weight excluding hydrogens is 463 g/mol. The van der Waals surface area contributed by atoms with Gasteiger partial charge in [-0.25, -0.2) is 0 Å². The molecule has 174 valence electrons. The van der Waals surface area contributed by atoms with Crippen molar-refractivity contribution in [3.63, 3.8) is 0 Å². The van der Waals surface area contributed by atoms with Crippen molar-refractivity contribution in [1.29, 1.82) is 0 Å². The first-order valence-corrected chi connectivity index (χ1v) is 12.6. The highest BCUT2D eigenvalue weighted by Crippen LogP contribution is 2.28. The molecule has 0 radical (unpaired) electrons. The second kappa shape index (κ2) is 12.0. The number of carbonyl (C=O) groups excluding carboxylic acids is 2. The highest BCUT2D eigenvalue weighted by atomic mass is 35.5. The van der Waals surface area contributed by atoms with Crippen molar-refractivity contribution in [3.05, 3.63) is 69.2 Å². The molecule has 0 spiro atoms. The Morgan fingerprint density at radius 1 is 1.09 bits per heavy atom. The molecule has 0 saturated heterocycles. The van der Waals surface area contributed by atoms with E-state index in [2.05, 4.69) is 5.32 Å². The predicted octanol–water partition coefficient (Wildman–Crippen LogP) is 6.26. The summed E-state index contributed by atoms with van der Waals surface area (Å²) in [5.41, 5.74) is 2.55. The van der Waals surface area contributed by atoms with Gasteiger partial charge in [0.25, 0.3) is 0 Å². The average Bonchev–Trinajstić information content (AvgIpc) is 2.68. The van der Waals surface area contributed by atoms with Gasteiger partial charge in [-0.1, -0.05) is 66.0 Å². The zero-order valence-electron chi connectivity index (χ0n) is 19.4. The van der Waals surface area contributed by atoms with Crippen LogP contribution in [0, 0.1) is 6.92 Å². The largest absolute Gasteiger partial charge is 0.350 e. The molecule has 0 fully saturated rings. The van der Waals surface area contributed by atoms with Gasteiger partial charge >= 0.3 is 0 Å². The summed E-state index contributed by atoms with van der Waals surface area (Å²) < 4.78 is 0. The molecule has 1 N–H and O–H groups in total. The van der Waals surface area contributed by atoms with Gasteiger partial charge in [0.2, 0.25) is 11.8 Å². The van der Waals surface area contributed by atoms with E-state index >= 15 is 0 Å². The quantitative estimate of drug-likeness (QED) is 0.447. The number of amides is 2. The molecule has 0 heterocycles. The van der Waals surface area contributed by atoms with Crippen LogP contribution in [0.5, 0.6) is 0 Å². The summed E-state index contributed by atoms with van der Waals surface area (Å²) in [7, 11) is 0. The molecule has 2 aromatic rings. The summed E-state index contributed by atoms with van der Waals surface area (Å²) in [6.07, 6.45) is 0.528. The first-order valence-electron chi connectivity index (χ1n) is 10.7. The van der Waals surface area contributed by atoms with Crippen molar-refractivity contribution >= 4 is 46.8 Å². The van der Waals surface area contributed by atoms with Gasteiger partial charge in [0.1, 0.15) is 6.04 Å². The Hall–Kier alpha value is -1.69. The molecule has 4 nitrogen and oxygen atoms in total. The lowest BCUT2D eigenvalue weighted by molar-refractivity contribution is -0.140. The van der Waals surface area contributed by atoms with Crippen LogP contribution in [-0.2, 0) is 21.9 Å². The van der Waals surface area contributed by atoms with Gasteiger partial charge < -0.3 is 10.2 Å². The molecule has 1 atom stereocenters. The smallest absolute Gasteiger partial charge is 0.243 e. The molecule has 32 heavy (non-hydrogen) atoms. The normalized spacial score (nSPS) is 12.3.